The number of carbonyl (C=O) groups is 10. The van der Waals surface area contributed by atoms with Gasteiger partial charge in [0.05, 0.1) is 102 Å². The molecule has 4 amide bonds. The van der Waals surface area contributed by atoms with Crippen LogP contribution in [0.4, 0.5) is 13.2 Å². The predicted molar refractivity (Wildman–Crippen MR) is 462 cm³/mol. The lowest BCUT2D eigenvalue weighted by Crippen LogP contribution is -2.54. The van der Waals surface area contributed by atoms with Crippen molar-refractivity contribution < 1.29 is 121 Å². The third-order valence-electron chi connectivity index (χ3n) is 25.1. The van der Waals surface area contributed by atoms with Crippen molar-refractivity contribution in [1.82, 2.24) is 40.4 Å². The summed E-state index contributed by atoms with van der Waals surface area (Å²) in [6.45, 7) is 32.0. The van der Waals surface area contributed by atoms with Gasteiger partial charge in [-0.15, -0.1) is 0 Å². The highest BCUT2D eigenvalue weighted by atomic mass is 32.2. The zero-order chi connectivity index (χ0) is 93.3. The molecule has 12 rings (SSSR count). The fourth-order valence-corrected chi connectivity index (χ4v) is 20.9. The van der Waals surface area contributed by atoms with E-state index in [9.17, 15) is 74.6 Å². The van der Waals surface area contributed by atoms with Crippen LogP contribution in [0.3, 0.4) is 0 Å². The number of nitrogens with one attached hydrogen (secondary N) is 2. The maximum absolute atomic E-state index is 14.9. The van der Waals surface area contributed by atoms with Crippen molar-refractivity contribution in [3.05, 3.63) is 71.1 Å². The van der Waals surface area contributed by atoms with Crippen molar-refractivity contribution in [2.75, 3.05) is 40.5 Å². The zero-order valence-corrected chi connectivity index (χ0v) is 79.0. The summed E-state index contributed by atoms with van der Waals surface area (Å²) in [6.07, 6.45) is 14.7. The van der Waals surface area contributed by atoms with E-state index in [1.165, 1.54) is 37.1 Å². The fourth-order valence-electron chi connectivity index (χ4n) is 16.4. The number of fused-ring (bicyclic) bond motifs is 10. The first kappa shape index (κ1) is 99.1. The van der Waals surface area contributed by atoms with Gasteiger partial charge in [0.2, 0.25) is 43.7 Å². The first-order chi connectivity index (χ1) is 58.6. The number of methoxy groups -OCH3 is 2. The highest BCUT2D eigenvalue weighted by Crippen LogP contribution is 2.52. The van der Waals surface area contributed by atoms with Crippen molar-refractivity contribution in [2.24, 2.45) is 23.7 Å². The molecule has 4 aromatic rings. The number of pyridine rings is 4. The molecule has 10 heterocycles. The van der Waals surface area contributed by atoms with Crippen molar-refractivity contribution >= 4 is 108 Å². The average molecular weight is 1820 g/mol. The number of alkyl halides is 3. The van der Waals surface area contributed by atoms with E-state index in [1.54, 1.807) is 100 Å². The Morgan fingerprint density at radius 3 is 1.33 bits per heavy atom. The Balaban J connectivity index is 0.000000227. The number of esters is 4. The minimum atomic E-state index is -5.48. The Labute approximate surface area is 736 Å². The lowest BCUT2D eigenvalue weighted by Gasteiger charge is -2.38. The number of aliphatic hydroxyl groups excluding tert-OH is 1. The summed E-state index contributed by atoms with van der Waals surface area (Å²) < 4.78 is 115. The monoisotopic (exact) mass is 1820 g/mol. The molecule has 31 nitrogen and oxygen atoms in total. The third kappa shape index (κ3) is 22.4. The molecule has 0 radical (unpaired) electrons. The number of carbonyl (C=O) groups excluding carboxylic acids is 10. The quantitative estimate of drug-likeness (QED) is 0.0308. The molecular weight excluding hydrogens is 1690 g/mol. The van der Waals surface area contributed by atoms with Crippen LogP contribution in [-0.2, 0) is 88.9 Å². The smallest absolute Gasteiger partial charge is 0.482 e. The van der Waals surface area contributed by atoms with Gasteiger partial charge in [-0.2, -0.15) is 21.6 Å². The van der Waals surface area contributed by atoms with Gasteiger partial charge < -0.3 is 71.7 Å². The summed E-state index contributed by atoms with van der Waals surface area (Å²) in [4.78, 5) is 162. The predicted octanol–water partition coefficient (Wildman–Crippen LogP) is 13.4. The molecule has 10 atom stereocenters. The van der Waals surface area contributed by atoms with Crippen molar-refractivity contribution in [1.29, 1.82) is 0 Å². The molecule has 3 N–H and O–H groups in total. The van der Waals surface area contributed by atoms with Gasteiger partial charge in [-0.1, -0.05) is 91.5 Å². The molecule has 2 spiro atoms. The van der Waals surface area contributed by atoms with E-state index >= 15 is 0 Å². The molecule has 694 valence electrons. The van der Waals surface area contributed by atoms with E-state index in [0.717, 1.165) is 38.5 Å². The minimum Gasteiger partial charge on any atom is -0.482 e. The summed E-state index contributed by atoms with van der Waals surface area (Å²) in [5.74, 6) is -6.17. The van der Waals surface area contributed by atoms with Crippen molar-refractivity contribution in [3.63, 3.8) is 0 Å². The van der Waals surface area contributed by atoms with Gasteiger partial charge in [0, 0.05) is 48.6 Å². The largest absolute Gasteiger partial charge is 0.522 e. The van der Waals surface area contributed by atoms with Gasteiger partial charge in [0.15, 0.2) is 31.4 Å². The van der Waals surface area contributed by atoms with E-state index in [2.05, 4.69) is 63.3 Å². The molecule has 8 aliphatic rings. The van der Waals surface area contributed by atoms with Crippen LogP contribution in [0.1, 0.15) is 245 Å². The molecule has 2 saturated carbocycles. The van der Waals surface area contributed by atoms with Gasteiger partial charge >= 0.3 is 39.5 Å². The summed E-state index contributed by atoms with van der Waals surface area (Å²) in [6, 6.07) is 4.36. The second kappa shape index (κ2) is 37.9. The average Bonchev–Trinajstić information content (AvgIpc) is 1.51. The maximum atomic E-state index is 14.9. The molecule has 126 heavy (non-hydrogen) atoms. The Bertz CT molecular complexity index is 5020. The number of hydrogen-bond acceptors (Lipinski definition) is 27. The Morgan fingerprint density at radius 2 is 0.960 bits per heavy atom. The molecule has 0 aromatic carbocycles. The summed E-state index contributed by atoms with van der Waals surface area (Å²) in [5, 5.41) is 15.6. The topological polar surface area (TPSA) is 399 Å². The van der Waals surface area contributed by atoms with Crippen LogP contribution in [0.5, 0.6) is 23.3 Å². The molecule has 0 bridgehead atoms. The fraction of sp³-hybridized carbons (Fsp3) is 0.663. The van der Waals surface area contributed by atoms with Crippen LogP contribution in [-0.4, -0.2) is 211 Å². The summed E-state index contributed by atoms with van der Waals surface area (Å²) in [7, 11) is -7.81. The lowest BCUT2D eigenvalue weighted by atomic mass is 9.87. The first-order valence-corrected chi connectivity index (χ1v) is 50.6. The number of hydrogen-bond donors (Lipinski definition) is 3. The third-order valence-corrected chi connectivity index (χ3v) is 36.3. The van der Waals surface area contributed by atoms with E-state index in [-0.39, 0.29) is 140 Å². The number of aliphatic hydroxyl groups is 1. The maximum Gasteiger partial charge on any atom is 0.522 e. The number of ether oxygens (including phenoxy) is 8. The highest BCUT2D eigenvalue weighted by molar-refractivity contribution is 7.88. The minimum absolute atomic E-state index is 0.0308. The molecule has 2 saturated heterocycles. The van der Waals surface area contributed by atoms with Crippen LogP contribution in [0.25, 0.3) is 22.1 Å². The summed E-state index contributed by atoms with van der Waals surface area (Å²) in [5.41, 5.74) is -9.90. The van der Waals surface area contributed by atoms with Crippen LogP contribution in [0.2, 0.25) is 36.3 Å². The van der Waals surface area contributed by atoms with Gasteiger partial charge in [-0.05, 0) is 155 Å². The molecule has 2 aliphatic carbocycles. The lowest BCUT2D eigenvalue weighted by molar-refractivity contribution is -0.159. The zero-order valence-electron chi connectivity index (χ0n) is 76.2. The number of halogens is 3. The highest BCUT2D eigenvalue weighted by Gasteiger charge is 2.66. The Hall–Kier alpha value is -9.05. The standard InChI is InChI=1S/C44H62N4O10Si.C38H48N4O10.C7H15F3O3SSi/c1-11-55-40(53)44-22-28(44)18-16-14-12-13-15-17-27(21-34(50)57-41(2,3)4)39(52)48-26-43(23-31(48)38(51)47-44)24-32(49)35-36-29(19-20-33(46-36)54-8)45-30(37(35)58-43)25-56-59(9,10)42(5,6)7;1-6-50-35(48)38-17-23(38)13-11-9-7-8-10-12-22(16-29(45)51-36(2,3)4)34(47)42-21-37(18-26(42)33(46)41-38)19-27(44)30-31-24(14-15-28(40-31)49-5)39-25(20-43)32(30)52-37;1-6(2,3)15(4,5)13-14(11,12)7(8,9)10/h16,18-20,27-28,31H,11-15,17,21-26H2,1-10H3,(H,47,51);11,13-15,22-23,26,43H,6-10,12,16-21H2,1-5H3,(H,41,46);1-5H3/b18-16-;13-11-;/t27-,28-,31+,43+,44-;22-,23-,26+,37+,38-;/m11./s1. The van der Waals surface area contributed by atoms with Gasteiger partial charge in [0.1, 0.15) is 68.0 Å². The molecule has 4 fully saturated rings. The number of allylic oxidation sites excluding steroid dienone is 2. The van der Waals surface area contributed by atoms with Crippen LogP contribution >= 0.6 is 0 Å². The van der Waals surface area contributed by atoms with Crippen LogP contribution in [0, 0.1) is 23.7 Å². The Morgan fingerprint density at radius 1 is 0.563 bits per heavy atom. The normalized spacial score (nSPS) is 26.2. The Kier molecular flexibility index (Phi) is 29.8. The van der Waals surface area contributed by atoms with Crippen LogP contribution in [0.15, 0.2) is 48.6 Å². The van der Waals surface area contributed by atoms with Gasteiger partial charge in [-0.25, -0.2) is 29.5 Å². The van der Waals surface area contributed by atoms with Gasteiger partial charge in [-0.3, -0.25) is 38.4 Å². The van der Waals surface area contributed by atoms with E-state index in [0.29, 0.717) is 66.6 Å². The second-order valence-corrected chi connectivity index (χ2v) is 50.5. The molecule has 4 aromatic heterocycles. The molecule has 6 aliphatic heterocycles. The number of aromatic nitrogens is 4. The number of nitrogens with zero attached hydrogens (tertiary/aromatic N) is 6. The number of ketones is 2. The second-order valence-electron chi connectivity index (χ2n) is 39.2. The summed E-state index contributed by atoms with van der Waals surface area (Å²) >= 11 is 0. The molecule has 0 unspecified atom stereocenters. The van der Waals surface area contributed by atoms with E-state index in [4.69, 9.17) is 47.3 Å². The van der Waals surface area contributed by atoms with Crippen molar-refractivity contribution in [3.8, 4) is 23.3 Å². The molecule has 37 heteroatoms. The van der Waals surface area contributed by atoms with E-state index in [1.807, 2.05) is 24.3 Å². The molecular formula is C89H125F3N8O23SSi2. The van der Waals surface area contributed by atoms with E-state index < -0.39 is 149 Å². The SMILES string of the molecule is CC(C)(C)[Si](C)(C)OS(=O)(=O)C(F)(F)F.CCOC(=O)[C@@]12C[C@H]1/C=C\CCCCC[C@H](CC(=O)OC(C)(C)C)C(=O)N1C[C@@]3(CC(=O)c4c(c(CO)nc5ccc(OC)nc45)O3)C[C@H]1C(=O)N2.CCOC(=O)[C@@]12C[C@H]1/C=C\CCCCC[C@H](CC(=O)OC(C)(C)C)C(=O)N1C[C@@]3(CC(=O)c4c(c(CO[Si](C)(C)C(C)(C)C)nc5ccc(OC)nc45)O3)C[C@H]1C(=O)N2. The van der Waals surface area contributed by atoms with Gasteiger partial charge in [0.25, 0.3) is 0 Å². The number of Topliss-reactive ketones (excluding diaryl/α,β-unsaturated/α-hetero) is 2. The number of amides is 4. The first-order valence-electron chi connectivity index (χ1n) is 43.4. The van der Waals surface area contributed by atoms with Crippen molar-refractivity contribution in [2.45, 2.75) is 313 Å². The number of rotatable bonds is 16. The van der Waals surface area contributed by atoms with Crippen LogP contribution < -0.4 is 29.6 Å².